The number of piperidine rings is 1. The van der Waals surface area contributed by atoms with Crippen LogP contribution in [0.3, 0.4) is 0 Å². The molecule has 3 rings (SSSR count). The van der Waals surface area contributed by atoms with Crippen LogP contribution in [0.5, 0.6) is 0 Å². The number of hydrogen-bond acceptors (Lipinski definition) is 4. The van der Waals surface area contributed by atoms with Crippen molar-refractivity contribution >= 4 is 15.9 Å². The van der Waals surface area contributed by atoms with Gasteiger partial charge >= 0.3 is 0 Å². The van der Waals surface area contributed by atoms with E-state index in [-0.39, 0.29) is 15.7 Å². The van der Waals surface area contributed by atoms with Crippen molar-refractivity contribution in [1.82, 2.24) is 15.5 Å². The Morgan fingerprint density at radius 3 is 2.71 bits per heavy atom. The minimum atomic E-state index is -0.952. The minimum absolute atomic E-state index is 0.00492. The Balaban J connectivity index is 1.97. The summed E-state index contributed by atoms with van der Waals surface area (Å²) in [4.78, 5) is 4.38. The molecule has 1 aliphatic heterocycles. The van der Waals surface area contributed by atoms with E-state index in [1.165, 1.54) is 6.07 Å². The number of halogens is 3. The van der Waals surface area contributed by atoms with Crippen molar-refractivity contribution in [1.29, 1.82) is 0 Å². The van der Waals surface area contributed by atoms with E-state index in [1.54, 1.807) is 0 Å². The zero-order valence-corrected chi connectivity index (χ0v) is 13.0. The standard InChI is InChI=1S/C14H14BrF2N3O/c1-14(4-6-18-7-5-14)13-19-12(20-21-13)8-2-3-9(16)11(17)10(8)15/h2-3,18H,4-7H2,1H3. The molecule has 0 unspecified atom stereocenters. The molecule has 0 radical (unpaired) electrons. The van der Waals surface area contributed by atoms with Crippen LogP contribution in [0.25, 0.3) is 11.4 Å². The molecule has 1 saturated heterocycles. The molecule has 1 fully saturated rings. The number of nitrogens with one attached hydrogen (secondary N) is 1. The highest BCUT2D eigenvalue weighted by Gasteiger charge is 2.34. The van der Waals surface area contributed by atoms with E-state index in [1.807, 2.05) is 0 Å². The van der Waals surface area contributed by atoms with Crippen LogP contribution in [0, 0.1) is 11.6 Å². The fraction of sp³-hybridized carbons (Fsp3) is 0.429. The van der Waals surface area contributed by atoms with Crippen molar-refractivity contribution < 1.29 is 13.3 Å². The molecule has 0 amide bonds. The van der Waals surface area contributed by atoms with Crippen molar-refractivity contribution in [2.45, 2.75) is 25.2 Å². The van der Waals surface area contributed by atoms with Crippen LogP contribution >= 0.6 is 15.9 Å². The van der Waals surface area contributed by atoms with Crippen LogP contribution in [0.1, 0.15) is 25.7 Å². The summed E-state index contributed by atoms with van der Waals surface area (Å²) in [6, 6.07) is 2.49. The van der Waals surface area contributed by atoms with Gasteiger partial charge in [0, 0.05) is 11.0 Å². The molecule has 0 atom stereocenters. The van der Waals surface area contributed by atoms with Gasteiger partial charge in [0.1, 0.15) is 0 Å². The first-order chi connectivity index (χ1) is 10.0. The Morgan fingerprint density at radius 1 is 1.29 bits per heavy atom. The first kappa shape index (κ1) is 14.6. The summed E-state index contributed by atoms with van der Waals surface area (Å²) >= 11 is 3.04. The monoisotopic (exact) mass is 357 g/mol. The molecule has 4 nitrogen and oxygen atoms in total. The molecule has 21 heavy (non-hydrogen) atoms. The maximum atomic E-state index is 13.6. The lowest BCUT2D eigenvalue weighted by Gasteiger charge is -2.30. The zero-order valence-electron chi connectivity index (χ0n) is 11.4. The van der Waals surface area contributed by atoms with Crippen LogP contribution in [-0.2, 0) is 5.41 Å². The highest BCUT2D eigenvalue weighted by Crippen LogP contribution is 2.35. The SMILES string of the molecule is CC1(c2nc(-c3ccc(F)c(F)c3Br)no2)CCNCC1. The second kappa shape index (κ2) is 5.46. The van der Waals surface area contributed by atoms with Gasteiger partial charge in [-0.05, 0) is 54.0 Å². The van der Waals surface area contributed by atoms with E-state index in [4.69, 9.17) is 4.52 Å². The summed E-state index contributed by atoms with van der Waals surface area (Å²) in [5.41, 5.74) is 0.197. The Kier molecular flexibility index (Phi) is 3.79. The van der Waals surface area contributed by atoms with Gasteiger partial charge in [0.05, 0.1) is 4.47 Å². The Bertz CT molecular complexity index is 668. The lowest BCUT2D eigenvalue weighted by molar-refractivity contribution is 0.241. The first-order valence-electron chi connectivity index (χ1n) is 6.70. The highest BCUT2D eigenvalue weighted by atomic mass is 79.9. The van der Waals surface area contributed by atoms with E-state index in [9.17, 15) is 8.78 Å². The van der Waals surface area contributed by atoms with Gasteiger partial charge in [0.2, 0.25) is 11.7 Å². The zero-order chi connectivity index (χ0) is 15.0. The van der Waals surface area contributed by atoms with Gasteiger partial charge in [0.15, 0.2) is 11.6 Å². The maximum absolute atomic E-state index is 13.6. The van der Waals surface area contributed by atoms with Gasteiger partial charge < -0.3 is 9.84 Å². The Morgan fingerprint density at radius 2 is 2.00 bits per heavy atom. The quantitative estimate of drug-likeness (QED) is 0.836. The van der Waals surface area contributed by atoms with E-state index < -0.39 is 11.6 Å². The van der Waals surface area contributed by atoms with E-state index in [0.29, 0.717) is 11.5 Å². The second-order valence-electron chi connectivity index (χ2n) is 5.46. The van der Waals surface area contributed by atoms with E-state index >= 15 is 0 Å². The summed E-state index contributed by atoms with van der Waals surface area (Å²) in [6.45, 7) is 3.86. The van der Waals surface area contributed by atoms with Gasteiger partial charge in [-0.3, -0.25) is 0 Å². The number of hydrogen-bond donors (Lipinski definition) is 1. The number of nitrogens with zero attached hydrogens (tertiary/aromatic N) is 2. The molecule has 0 aliphatic carbocycles. The third-order valence-corrected chi connectivity index (χ3v) is 4.70. The summed E-state index contributed by atoms with van der Waals surface area (Å²) in [7, 11) is 0. The molecule has 1 aliphatic rings. The molecule has 1 N–H and O–H groups in total. The molecule has 2 aromatic rings. The average Bonchev–Trinajstić information content (AvgIpc) is 2.96. The summed E-state index contributed by atoms with van der Waals surface area (Å²) < 4.78 is 32.1. The van der Waals surface area contributed by atoms with Crippen LogP contribution in [0.15, 0.2) is 21.1 Å². The normalized spacial score (nSPS) is 17.9. The molecule has 7 heteroatoms. The molecule has 2 heterocycles. The first-order valence-corrected chi connectivity index (χ1v) is 7.49. The largest absolute Gasteiger partial charge is 0.338 e. The summed E-state index contributed by atoms with van der Waals surface area (Å²) in [5.74, 6) is -1.07. The maximum Gasteiger partial charge on any atom is 0.232 e. The minimum Gasteiger partial charge on any atom is -0.338 e. The fourth-order valence-electron chi connectivity index (χ4n) is 2.47. The number of benzene rings is 1. The molecule has 1 aromatic carbocycles. The molecular formula is C14H14BrF2N3O. The molecular weight excluding hydrogens is 344 g/mol. The molecule has 112 valence electrons. The smallest absolute Gasteiger partial charge is 0.232 e. The van der Waals surface area contributed by atoms with Crippen LogP contribution in [0.2, 0.25) is 0 Å². The highest BCUT2D eigenvalue weighted by molar-refractivity contribution is 9.10. The van der Waals surface area contributed by atoms with Gasteiger partial charge in [-0.15, -0.1) is 0 Å². The van der Waals surface area contributed by atoms with Crippen LogP contribution < -0.4 is 5.32 Å². The lowest BCUT2D eigenvalue weighted by Crippen LogP contribution is -2.37. The average molecular weight is 358 g/mol. The third-order valence-electron chi connectivity index (χ3n) is 3.93. The third kappa shape index (κ3) is 2.60. The second-order valence-corrected chi connectivity index (χ2v) is 6.25. The lowest BCUT2D eigenvalue weighted by atomic mass is 9.81. The molecule has 0 saturated carbocycles. The summed E-state index contributed by atoms with van der Waals surface area (Å²) in [6.07, 6.45) is 1.79. The topological polar surface area (TPSA) is 51.0 Å². The van der Waals surface area contributed by atoms with Gasteiger partial charge in [-0.2, -0.15) is 4.98 Å². The van der Waals surface area contributed by atoms with Crippen molar-refractivity contribution in [2.75, 3.05) is 13.1 Å². The Hall–Kier alpha value is -1.34. The van der Waals surface area contributed by atoms with Crippen LogP contribution in [-0.4, -0.2) is 23.2 Å². The van der Waals surface area contributed by atoms with Crippen molar-refractivity contribution in [3.8, 4) is 11.4 Å². The number of rotatable bonds is 2. The van der Waals surface area contributed by atoms with E-state index in [0.717, 1.165) is 32.0 Å². The van der Waals surface area contributed by atoms with E-state index in [2.05, 4.69) is 38.3 Å². The van der Waals surface area contributed by atoms with Crippen molar-refractivity contribution in [3.63, 3.8) is 0 Å². The number of aromatic nitrogens is 2. The Labute approximate surface area is 129 Å². The molecule has 0 spiro atoms. The summed E-state index contributed by atoms with van der Waals surface area (Å²) in [5, 5.41) is 7.20. The predicted octanol–water partition coefficient (Wildman–Crippen LogP) is 3.42. The van der Waals surface area contributed by atoms with Gasteiger partial charge in [0.25, 0.3) is 0 Å². The molecule has 0 bridgehead atoms. The van der Waals surface area contributed by atoms with Gasteiger partial charge in [-0.25, -0.2) is 8.78 Å². The molecule has 1 aromatic heterocycles. The van der Waals surface area contributed by atoms with Gasteiger partial charge in [-0.1, -0.05) is 12.1 Å². The van der Waals surface area contributed by atoms with Crippen molar-refractivity contribution in [2.24, 2.45) is 0 Å². The fourth-order valence-corrected chi connectivity index (χ4v) is 2.97. The van der Waals surface area contributed by atoms with Crippen LogP contribution in [0.4, 0.5) is 8.78 Å². The predicted molar refractivity (Wildman–Crippen MR) is 76.8 cm³/mol. The van der Waals surface area contributed by atoms with Crippen molar-refractivity contribution in [3.05, 3.63) is 34.1 Å².